The van der Waals surface area contributed by atoms with Crippen molar-refractivity contribution in [3.05, 3.63) is 111 Å². The molecule has 6 nitrogen and oxygen atoms in total. The first-order valence-corrected chi connectivity index (χ1v) is 13.3. The number of halogens is 1. The molecule has 1 aromatic heterocycles. The summed E-state index contributed by atoms with van der Waals surface area (Å²) in [5, 5.41) is 11.8. The summed E-state index contributed by atoms with van der Waals surface area (Å²) in [5.41, 5.74) is 3.12. The standard InChI is InChI=1S/C31H28BrNO5/c1-18(2)17-37-24-10-7-20(8-11-24)16-33-28(21-6-4-5-19(3)13-21)27(30(35)31(33)36)29(34)26-15-22-14-23(32)9-12-25(22)38-26/h4-15,18,28,35H,16-17H2,1-3H3. The van der Waals surface area contributed by atoms with Gasteiger partial charge in [0.25, 0.3) is 5.91 Å². The number of rotatable bonds is 8. The molecule has 0 aliphatic carbocycles. The quantitative estimate of drug-likeness (QED) is 0.223. The first kappa shape index (κ1) is 25.8. The Labute approximate surface area is 229 Å². The Hall–Kier alpha value is -3.84. The highest BCUT2D eigenvalue weighted by molar-refractivity contribution is 9.10. The third-order valence-electron chi connectivity index (χ3n) is 6.47. The number of Topliss-reactive ketones (excluding diaryl/α,β-unsaturated/α-hetero) is 1. The number of aliphatic hydroxyl groups is 1. The number of carbonyl (C=O) groups is 2. The maximum absolute atomic E-state index is 13.8. The highest BCUT2D eigenvalue weighted by atomic mass is 79.9. The van der Waals surface area contributed by atoms with E-state index in [2.05, 4.69) is 29.8 Å². The molecule has 0 saturated heterocycles. The first-order valence-electron chi connectivity index (χ1n) is 12.5. The molecular weight excluding hydrogens is 546 g/mol. The Balaban J connectivity index is 1.50. The summed E-state index contributed by atoms with van der Waals surface area (Å²) in [6, 6.07) is 21.4. The van der Waals surface area contributed by atoms with Gasteiger partial charge in [0.15, 0.2) is 11.5 Å². The Morgan fingerprint density at radius 2 is 1.84 bits per heavy atom. The lowest BCUT2D eigenvalue weighted by Gasteiger charge is -2.27. The molecule has 1 aliphatic heterocycles. The fourth-order valence-corrected chi connectivity index (χ4v) is 5.02. The van der Waals surface area contributed by atoms with Gasteiger partial charge in [0, 0.05) is 16.4 Å². The van der Waals surface area contributed by atoms with Crippen LogP contribution in [0.3, 0.4) is 0 Å². The molecule has 3 aromatic carbocycles. The van der Waals surface area contributed by atoms with E-state index in [9.17, 15) is 14.7 Å². The van der Waals surface area contributed by atoms with Crippen LogP contribution in [0.25, 0.3) is 11.0 Å². The van der Waals surface area contributed by atoms with Crippen molar-refractivity contribution < 1.29 is 23.8 Å². The van der Waals surface area contributed by atoms with E-state index < -0.39 is 23.5 Å². The van der Waals surface area contributed by atoms with Crippen LogP contribution in [0.4, 0.5) is 0 Å². The second-order valence-electron chi connectivity index (χ2n) is 9.98. The molecule has 0 bridgehead atoms. The summed E-state index contributed by atoms with van der Waals surface area (Å²) in [4.78, 5) is 28.7. The van der Waals surface area contributed by atoms with E-state index in [0.29, 0.717) is 18.1 Å². The normalized spacial score (nSPS) is 15.7. The maximum atomic E-state index is 13.8. The highest BCUT2D eigenvalue weighted by Gasteiger charge is 2.44. The van der Waals surface area contributed by atoms with Gasteiger partial charge in [-0.3, -0.25) is 9.59 Å². The van der Waals surface area contributed by atoms with Gasteiger partial charge in [-0.05, 0) is 60.4 Å². The van der Waals surface area contributed by atoms with Gasteiger partial charge in [-0.2, -0.15) is 0 Å². The molecule has 0 saturated carbocycles. The lowest BCUT2D eigenvalue weighted by molar-refractivity contribution is -0.130. The van der Waals surface area contributed by atoms with Crippen molar-refractivity contribution in [1.82, 2.24) is 4.90 Å². The molecule has 2 heterocycles. The molecule has 1 unspecified atom stereocenters. The van der Waals surface area contributed by atoms with E-state index >= 15 is 0 Å². The van der Waals surface area contributed by atoms with Crippen LogP contribution in [-0.4, -0.2) is 28.3 Å². The minimum Gasteiger partial charge on any atom is -0.503 e. The number of aryl methyl sites for hydroxylation is 1. The number of carbonyl (C=O) groups excluding carboxylic acids is 2. The van der Waals surface area contributed by atoms with Crippen LogP contribution < -0.4 is 4.74 Å². The summed E-state index contributed by atoms with van der Waals surface area (Å²) in [6.07, 6.45) is 0. The third kappa shape index (κ3) is 5.11. The van der Waals surface area contributed by atoms with Gasteiger partial charge in [0.2, 0.25) is 5.78 Å². The number of fused-ring (bicyclic) bond motifs is 1. The molecule has 4 aromatic rings. The largest absolute Gasteiger partial charge is 0.503 e. The van der Waals surface area contributed by atoms with Crippen LogP contribution in [0.5, 0.6) is 5.75 Å². The van der Waals surface area contributed by atoms with Crippen LogP contribution in [0, 0.1) is 12.8 Å². The van der Waals surface area contributed by atoms with E-state index in [4.69, 9.17) is 9.15 Å². The van der Waals surface area contributed by atoms with E-state index in [0.717, 1.165) is 32.3 Å². The zero-order valence-electron chi connectivity index (χ0n) is 21.4. The topological polar surface area (TPSA) is 80.0 Å². The average Bonchev–Trinajstić information content (AvgIpc) is 3.42. The molecule has 7 heteroatoms. The van der Waals surface area contributed by atoms with Crippen molar-refractivity contribution in [2.24, 2.45) is 5.92 Å². The third-order valence-corrected chi connectivity index (χ3v) is 6.96. The van der Waals surface area contributed by atoms with E-state index in [1.807, 2.05) is 67.6 Å². The molecule has 1 amide bonds. The summed E-state index contributed by atoms with van der Waals surface area (Å²) in [7, 11) is 0. The van der Waals surface area contributed by atoms with Gasteiger partial charge < -0.3 is 19.2 Å². The minimum atomic E-state index is -0.772. The SMILES string of the molecule is Cc1cccc(C2C(C(=O)c3cc4cc(Br)ccc4o3)=C(O)C(=O)N2Cc2ccc(OCC(C)C)cc2)c1. The average molecular weight is 574 g/mol. The Bertz CT molecular complexity index is 1550. The number of benzene rings is 3. The zero-order chi connectivity index (χ0) is 27.0. The van der Waals surface area contributed by atoms with Crippen LogP contribution in [0.1, 0.15) is 47.1 Å². The van der Waals surface area contributed by atoms with Gasteiger partial charge in [-0.15, -0.1) is 0 Å². The molecule has 0 radical (unpaired) electrons. The van der Waals surface area contributed by atoms with E-state index in [-0.39, 0.29) is 17.9 Å². The summed E-state index contributed by atoms with van der Waals surface area (Å²) in [6.45, 7) is 6.93. The number of ketones is 1. The molecule has 0 fully saturated rings. The monoisotopic (exact) mass is 573 g/mol. The summed E-state index contributed by atoms with van der Waals surface area (Å²) < 4.78 is 12.5. The molecule has 38 heavy (non-hydrogen) atoms. The van der Waals surface area contributed by atoms with Crippen LogP contribution in [0.2, 0.25) is 0 Å². The number of furan rings is 1. The van der Waals surface area contributed by atoms with Gasteiger partial charge >= 0.3 is 0 Å². The zero-order valence-corrected chi connectivity index (χ0v) is 23.0. The smallest absolute Gasteiger partial charge is 0.290 e. The Morgan fingerprint density at radius 1 is 1.08 bits per heavy atom. The van der Waals surface area contributed by atoms with Crippen LogP contribution >= 0.6 is 15.9 Å². The van der Waals surface area contributed by atoms with Gasteiger partial charge in [0.05, 0.1) is 18.2 Å². The highest BCUT2D eigenvalue weighted by Crippen LogP contribution is 2.41. The van der Waals surface area contributed by atoms with Crippen molar-refractivity contribution >= 4 is 38.6 Å². The van der Waals surface area contributed by atoms with Crippen molar-refractivity contribution in [3.63, 3.8) is 0 Å². The Morgan fingerprint density at radius 3 is 2.55 bits per heavy atom. The molecule has 5 rings (SSSR count). The number of nitrogens with zero attached hydrogens (tertiary/aromatic N) is 1. The second kappa shape index (κ2) is 10.5. The lowest BCUT2D eigenvalue weighted by Crippen LogP contribution is -2.30. The number of hydrogen-bond acceptors (Lipinski definition) is 5. The van der Waals surface area contributed by atoms with E-state index in [1.54, 1.807) is 12.1 Å². The molecule has 0 spiro atoms. The number of aliphatic hydroxyl groups excluding tert-OH is 1. The molecule has 1 N–H and O–H groups in total. The number of hydrogen-bond donors (Lipinski definition) is 1. The molecule has 194 valence electrons. The van der Waals surface area contributed by atoms with E-state index in [1.165, 1.54) is 4.90 Å². The number of amides is 1. The molecular formula is C31H28BrNO5. The predicted molar refractivity (Wildman–Crippen MR) is 149 cm³/mol. The summed E-state index contributed by atoms with van der Waals surface area (Å²) >= 11 is 3.43. The van der Waals surface area contributed by atoms with Crippen LogP contribution in [-0.2, 0) is 11.3 Å². The van der Waals surface area contributed by atoms with Gasteiger partial charge in [0.1, 0.15) is 11.3 Å². The van der Waals surface area contributed by atoms with Crippen molar-refractivity contribution in [2.45, 2.75) is 33.4 Å². The fraction of sp³-hybridized carbons (Fsp3) is 0.226. The van der Waals surface area contributed by atoms with Crippen molar-refractivity contribution in [3.8, 4) is 5.75 Å². The van der Waals surface area contributed by atoms with Crippen LogP contribution in [0.15, 0.2) is 93.0 Å². The lowest BCUT2D eigenvalue weighted by atomic mass is 9.94. The molecule has 1 atom stereocenters. The fourth-order valence-electron chi connectivity index (χ4n) is 4.64. The molecule has 1 aliphatic rings. The number of ether oxygens (including phenoxy) is 1. The van der Waals surface area contributed by atoms with Crippen molar-refractivity contribution in [1.29, 1.82) is 0 Å². The van der Waals surface area contributed by atoms with Gasteiger partial charge in [-0.25, -0.2) is 0 Å². The first-order chi connectivity index (χ1) is 18.2. The minimum absolute atomic E-state index is 0.00982. The second-order valence-corrected chi connectivity index (χ2v) is 10.9. The Kier molecular flexibility index (Phi) is 7.13. The van der Waals surface area contributed by atoms with Gasteiger partial charge in [-0.1, -0.05) is 71.7 Å². The predicted octanol–water partition coefficient (Wildman–Crippen LogP) is 7.32. The summed E-state index contributed by atoms with van der Waals surface area (Å²) in [5.74, 6) is -0.448. The maximum Gasteiger partial charge on any atom is 0.290 e. The van der Waals surface area contributed by atoms with Crippen molar-refractivity contribution in [2.75, 3.05) is 6.61 Å².